The maximum atomic E-state index is 12.9. The Morgan fingerprint density at radius 3 is 2.32 bits per heavy atom. The first-order valence-corrected chi connectivity index (χ1v) is 12.3. The van der Waals surface area contributed by atoms with Gasteiger partial charge in [-0.05, 0) is 102 Å². The van der Waals surface area contributed by atoms with Crippen molar-refractivity contribution < 1.29 is 13.2 Å². The summed E-state index contributed by atoms with van der Waals surface area (Å²) in [7, 11) is -1.54. The number of amides is 1. The highest BCUT2D eigenvalue weighted by Crippen LogP contribution is 2.24. The van der Waals surface area contributed by atoms with E-state index in [-0.39, 0.29) is 16.8 Å². The van der Waals surface area contributed by atoms with Crippen molar-refractivity contribution in [2.24, 2.45) is 5.92 Å². The highest BCUT2D eigenvalue weighted by molar-refractivity contribution is 7.89. The van der Waals surface area contributed by atoms with Crippen LogP contribution in [0.1, 0.15) is 46.8 Å². The maximum absolute atomic E-state index is 12.9. The summed E-state index contributed by atoms with van der Waals surface area (Å²) in [5.41, 5.74) is 3.92. The second-order valence-electron chi connectivity index (χ2n) is 8.80. The summed E-state index contributed by atoms with van der Waals surface area (Å²) in [6, 6.07) is 10.4. The van der Waals surface area contributed by atoms with Crippen LogP contribution >= 0.6 is 0 Å². The molecule has 0 spiro atoms. The van der Waals surface area contributed by atoms with E-state index in [1.165, 1.54) is 0 Å². The molecule has 168 valence electrons. The van der Waals surface area contributed by atoms with Gasteiger partial charge in [-0.3, -0.25) is 4.79 Å². The predicted octanol–water partition coefficient (Wildman–Crippen LogP) is 3.87. The Labute approximate surface area is 186 Å². The minimum atomic E-state index is -3.63. The van der Waals surface area contributed by atoms with E-state index in [1.54, 1.807) is 25.1 Å². The molecule has 0 unspecified atom stereocenters. The Morgan fingerprint density at radius 2 is 1.71 bits per heavy atom. The monoisotopic (exact) mass is 443 g/mol. The zero-order valence-corrected chi connectivity index (χ0v) is 19.8. The van der Waals surface area contributed by atoms with Gasteiger partial charge in [-0.1, -0.05) is 17.7 Å². The fourth-order valence-electron chi connectivity index (χ4n) is 4.14. The quantitative estimate of drug-likeness (QED) is 0.710. The zero-order chi connectivity index (χ0) is 22.8. The number of carbonyl (C=O) groups excluding carboxylic acids is 1. The molecule has 0 bridgehead atoms. The molecule has 1 heterocycles. The Morgan fingerprint density at radius 1 is 1.03 bits per heavy atom. The lowest BCUT2D eigenvalue weighted by Gasteiger charge is -2.32. The molecule has 2 N–H and O–H groups in total. The highest BCUT2D eigenvalue weighted by atomic mass is 32.2. The summed E-state index contributed by atoms with van der Waals surface area (Å²) in [6.07, 6.45) is 1.98. The average Bonchev–Trinajstić information content (AvgIpc) is 2.69. The number of benzene rings is 2. The van der Waals surface area contributed by atoms with Crippen LogP contribution in [0.4, 0.5) is 5.69 Å². The standard InChI is InChI=1S/C24H33N3O3S/c1-16-6-8-22(17(2)14-16)24(28)25-23-9-7-21(15-18(23)3)31(29,30)26-19(4)20-10-12-27(5)13-11-20/h6-9,14-15,19-20,26H,10-13H2,1-5H3,(H,25,28)/t19-/m1/s1. The number of piperidine rings is 1. The Balaban J connectivity index is 1.71. The van der Waals surface area contributed by atoms with Crippen molar-refractivity contribution in [3.8, 4) is 0 Å². The molecule has 1 fully saturated rings. The minimum absolute atomic E-state index is 0.122. The molecule has 1 aliphatic heterocycles. The lowest BCUT2D eigenvalue weighted by Crippen LogP contribution is -2.42. The predicted molar refractivity (Wildman–Crippen MR) is 125 cm³/mol. The van der Waals surface area contributed by atoms with Crippen LogP contribution in [-0.4, -0.2) is 45.4 Å². The van der Waals surface area contributed by atoms with Crippen molar-refractivity contribution in [2.45, 2.75) is 51.5 Å². The molecule has 0 aromatic heterocycles. The summed E-state index contributed by atoms with van der Waals surface area (Å²) in [5, 5.41) is 2.90. The summed E-state index contributed by atoms with van der Waals surface area (Å²) < 4.78 is 28.7. The van der Waals surface area contributed by atoms with Gasteiger partial charge in [-0.25, -0.2) is 13.1 Å². The van der Waals surface area contributed by atoms with Gasteiger partial charge in [-0.15, -0.1) is 0 Å². The first-order valence-electron chi connectivity index (χ1n) is 10.8. The lowest BCUT2D eigenvalue weighted by molar-refractivity contribution is 0.102. The molecule has 6 nitrogen and oxygen atoms in total. The molecule has 1 amide bonds. The number of nitrogens with one attached hydrogen (secondary N) is 2. The molecule has 0 radical (unpaired) electrons. The third-order valence-corrected chi connectivity index (χ3v) is 7.75. The number of rotatable bonds is 6. The van der Waals surface area contributed by atoms with E-state index in [1.807, 2.05) is 39.0 Å². The number of nitrogens with zero attached hydrogens (tertiary/aromatic N) is 1. The number of likely N-dealkylation sites (tertiary alicyclic amines) is 1. The van der Waals surface area contributed by atoms with E-state index in [9.17, 15) is 13.2 Å². The number of sulfonamides is 1. The lowest BCUT2D eigenvalue weighted by atomic mass is 9.91. The molecule has 31 heavy (non-hydrogen) atoms. The normalized spacial score (nSPS) is 16.8. The SMILES string of the molecule is Cc1ccc(C(=O)Nc2ccc(S(=O)(=O)N[C@H](C)C3CCN(C)CC3)cc2C)c(C)c1. The Kier molecular flexibility index (Phi) is 7.19. The number of hydrogen-bond donors (Lipinski definition) is 2. The fourth-order valence-corrected chi connectivity index (χ4v) is 5.54. The van der Waals surface area contributed by atoms with Crippen LogP contribution in [0, 0.1) is 26.7 Å². The average molecular weight is 444 g/mol. The molecular weight excluding hydrogens is 410 g/mol. The van der Waals surface area contributed by atoms with E-state index in [4.69, 9.17) is 0 Å². The van der Waals surface area contributed by atoms with Crippen LogP contribution in [0.2, 0.25) is 0 Å². The fraction of sp³-hybridized carbons (Fsp3) is 0.458. The highest BCUT2D eigenvalue weighted by Gasteiger charge is 2.26. The number of hydrogen-bond acceptors (Lipinski definition) is 4. The van der Waals surface area contributed by atoms with Gasteiger partial charge < -0.3 is 10.2 Å². The van der Waals surface area contributed by atoms with Crippen molar-refractivity contribution in [1.29, 1.82) is 0 Å². The summed E-state index contributed by atoms with van der Waals surface area (Å²) >= 11 is 0. The number of carbonyl (C=O) groups is 1. The summed E-state index contributed by atoms with van der Waals surface area (Å²) in [6.45, 7) is 9.62. The van der Waals surface area contributed by atoms with Crippen LogP contribution in [0.3, 0.4) is 0 Å². The smallest absolute Gasteiger partial charge is 0.255 e. The van der Waals surface area contributed by atoms with Crippen LogP contribution < -0.4 is 10.0 Å². The number of aryl methyl sites for hydroxylation is 3. The molecule has 0 aliphatic carbocycles. The van der Waals surface area contributed by atoms with E-state index < -0.39 is 10.0 Å². The first-order chi connectivity index (χ1) is 14.6. The zero-order valence-electron chi connectivity index (χ0n) is 19.0. The third-order valence-electron chi connectivity index (χ3n) is 6.19. The van der Waals surface area contributed by atoms with Crippen molar-refractivity contribution in [3.63, 3.8) is 0 Å². The van der Waals surface area contributed by atoms with Gasteiger partial charge in [0.05, 0.1) is 4.90 Å². The topological polar surface area (TPSA) is 78.5 Å². The second kappa shape index (κ2) is 9.51. The molecule has 7 heteroatoms. The van der Waals surface area contributed by atoms with Crippen molar-refractivity contribution in [3.05, 3.63) is 58.7 Å². The van der Waals surface area contributed by atoms with Gasteiger partial charge in [0, 0.05) is 17.3 Å². The van der Waals surface area contributed by atoms with Gasteiger partial charge >= 0.3 is 0 Å². The molecule has 1 aliphatic rings. The number of anilines is 1. The van der Waals surface area contributed by atoms with Gasteiger partial charge in [0.15, 0.2) is 0 Å². The van der Waals surface area contributed by atoms with Crippen LogP contribution in [0.15, 0.2) is 41.3 Å². The van der Waals surface area contributed by atoms with Crippen molar-refractivity contribution in [1.82, 2.24) is 9.62 Å². The molecule has 3 rings (SSSR count). The van der Waals surface area contributed by atoms with E-state index in [2.05, 4.69) is 22.0 Å². The minimum Gasteiger partial charge on any atom is -0.322 e. The van der Waals surface area contributed by atoms with E-state index >= 15 is 0 Å². The molecule has 2 aromatic rings. The molecule has 1 atom stereocenters. The van der Waals surface area contributed by atoms with Crippen LogP contribution in [0.5, 0.6) is 0 Å². The first kappa shape index (κ1) is 23.4. The van der Waals surface area contributed by atoms with Crippen molar-refractivity contribution >= 4 is 21.6 Å². The third kappa shape index (κ3) is 5.73. The Hall–Kier alpha value is -2.22. The Bertz CT molecular complexity index is 1060. The largest absolute Gasteiger partial charge is 0.322 e. The van der Waals surface area contributed by atoms with E-state index in [0.717, 1.165) is 37.1 Å². The van der Waals surface area contributed by atoms with Crippen LogP contribution in [-0.2, 0) is 10.0 Å². The van der Waals surface area contributed by atoms with E-state index in [0.29, 0.717) is 22.7 Å². The molecular formula is C24H33N3O3S. The summed E-state index contributed by atoms with van der Waals surface area (Å²) in [4.78, 5) is 15.2. The maximum Gasteiger partial charge on any atom is 0.255 e. The van der Waals surface area contributed by atoms with Gasteiger partial charge in [0.25, 0.3) is 5.91 Å². The van der Waals surface area contributed by atoms with Crippen LogP contribution in [0.25, 0.3) is 0 Å². The molecule has 0 saturated carbocycles. The summed E-state index contributed by atoms with van der Waals surface area (Å²) in [5.74, 6) is 0.133. The second-order valence-corrected chi connectivity index (χ2v) is 10.5. The van der Waals surface area contributed by atoms with Gasteiger partial charge in [0.2, 0.25) is 10.0 Å². The van der Waals surface area contributed by atoms with Crippen molar-refractivity contribution in [2.75, 3.05) is 25.5 Å². The molecule has 1 saturated heterocycles. The van der Waals surface area contributed by atoms with Gasteiger partial charge in [0.1, 0.15) is 0 Å². The molecule has 2 aromatic carbocycles. The van der Waals surface area contributed by atoms with Gasteiger partial charge in [-0.2, -0.15) is 0 Å².